The lowest BCUT2D eigenvalue weighted by atomic mass is 10.2. The molecule has 0 fully saturated rings. The van der Waals surface area contributed by atoms with Crippen LogP contribution in [0.3, 0.4) is 0 Å². The molecule has 3 N–H and O–H groups in total. The number of para-hydroxylation sites is 1. The quantitative estimate of drug-likeness (QED) is 0.893. The second-order valence-electron chi connectivity index (χ2n) is 4.03. The Labute approximate surface area is 131 Å². The Morgan fingerprint density at radius 2 is 2.00 bits per heavy atom. The minimum atomic E-state index is -0.496. The number of anilines is 2. The third kappa shape index (κ3) is 5.45. The number of carbonyl (C=O) groups excluding carboxylic acids is 1. The molecule has 0 heterocycles. The van der Waals surface area contributed by atoms with E-state index in [1.165, 1.54) is 0 Å². The van der Waals surface area contributed by atoms with Crippen molar-refractivity contribution in [3.8, 4) is 0 Å². The first-order chi connectivity index (χ1) is 7.97. The molecule has 0 spiro atoms. The van der Waals surface area contributed by atoms with Gasteiger partial charge in [0.15, 0.2) is 0 Å². The summed E-state index contributed by atoms with van der Waals surface area (Å²) in [5.41, 5.74) is 7.13. The number of hydrogen-bond donors (Lipinski definition) is 2. The van der Waals surface area contributed by atoms with Gasteiger partial charge in [-0.3, -0.25) is 4.79 Å². The summed E-state index contributed by atoms with van der Waals surface area (Å²) in [6, 6.07) is 4.89. The predicted octanol–water partition coefficient (Wildman–Crippen LogP) is 2.93. The van der Waals surface area contributed by atoms with Crippen molar-refractivity contribution in [3.63, 3.8) is 0 Å². The average molecular weight is 329 g/mol. The van der Waals surface area contributed by atoms with Gasteiger partial charge in [0.2, 0.25) is 5.91 Å². The summed E-state index contributed by atoms with van der Waals surface area (Å²) in [6.45, 7) is 1.87. The first kappa shape index (κ1) is 20.6. The highest BCUT2D eigenvalue weighted by Gasteiger charge is 2.15. The minimum Gasteiger partial charge on any atom is -0.375 e. The summed E-state index contributed by atoms with van der Waals surface area (Å²) in [4.78, 5) is 13.6. The molecule has 1 atom stereocenters. The number of amides is 1. The fourth-order valence-corrected chi connectivity index (χ4v) is 1.83. The molecule has 19 heavy (non-hydrogen) atoms. The highest BCUT2D eigenvalue weighted by molar-refractivity contribution is 6.34. The normalized spacial score (nSPS) is 10.8. The Hall–Kier alpha value is -0.680. The molecule has 0 bridgehead atoms. The maximum Gasteiger partial charge on any atom is 0.241 e. The van der Waals surface area contributed by atoms with Crippen molar-refractivity contribution in [1.29, 1.82) is 0 Å². The molecule has 7 heteroatoms. The zero-order valence-corrected chi connectivity index (χ0v) is 13.5. The van der Waals surface area contributed by atoms with Crippen LogP contribution in [0, 0.1) is 0 Å². The van der Waals surface area contributed by atoms with Crippen LogP contribution in [-0.2, 0) is 4.79 Å². The van der Waals surface area contributed by atoms with Gasteiger partial charge in [0.1, 0.15) is 0 Å². The lowest BCUT2D eigenvalue weighted by Crippen LogP contribution is -2.35. The maximum atomic E-state index is 11.7. The van der Waals surface area contributed by atoms with E-state index in [0.717, 1.165) is 5.69 Å². The fraction of sp³-hybridized carbons (Fsp3) is 0.417. The van der Waals surface area contributed by atoms with E-state index in [-0.39, 0.29) is 30.7 Å². The number of halogens is 3. The Bertz CT molecular complexity index is 413. The van der Waals surface area contributed by atoms with Gasteiger partial charge in [-0.2, -0.15) is 0 Å². The summed E-state index contributed by atoms with van der Waals surface area (Å²) in [7, 11) is 3.74. The van der Waals surface area contributed by atoms with Crippen molar-refractivity contribution in [2.75, 3.05) is 24.3 Å². The molecule has 0 aromatic heterocycles. The van der Waals surface area contributed by atoms with Gasteiger partial charge in [-0.1, -0.05) is 24.6 Å². The lowest BCUT2D eigenvalue weighted by Gasteiger charge is -2.20. The van der Waals surface area contributed by atoms with Crippen LogP contribution in [0.5, 0.6) is 0 Å². The summed E-state index contributed by atoms with van der Waals surface area (Å²) >= 11 is 6.10. The number of nitrogens with two attached hydrogens (primary N) is 1. The minimum absolute atomic E-state index is 0. The SMILES string of the molecule is CC[C@H](N)C(=O)Nc1cccc(Cl)c1N(C)C.Cl.Cl. The number of nitrogens with one attached hydrogen (secondary N) is 1. The van der Waals surface area contributed by atoms with Gasteiger partial charge in [-0.05, 0) is 18.6 Å². The van der Waals surface area contributed by atoms with Crippen molar-refractivity contribution >= 4 is 53.7 Å². The number of nitrogens with zero attached hydrogens (tertiary/aromatic N) is 1. The van der Waals surface area contributed by atoms with Gasteiger partial charge in [-0.15, -0.1) is 24.8 Å². The number of benzene rings is 1. The van der Waals surface area contributed by atoms with E-state index >= 15 is 0 Å². The summed E-state index contributed by atoms with van der Waals surface area (Å²) < 4.78 is 0. The van der Waals surface area contributed by atoms with Crippen molar-refractivity contribution in [3.05, 3.63) is 23.2 Å². The van der Waals surface area contributed by atoms with Crippen LogP contribution in [0.2, 0.25) is 5.02 Å². The van der Waals surface area contributed by atoms with Gasteiger partial charge in [0.25, 0.3) is 0 Å². The van der Waals surface area contributed by atoms with Crippen molar-refractivity contribution in [1.82, 2.24) is 0 Å². The molecule has 1 amide bonds. The fourth-order valence-electron chi connectivity index (χ4n) is 1.48. The van der Waals surface area contributed by atoms with E-state index in [2.05, 4.69) is 5.32 Å². The lowest BCUT2D eigenvalue weighted by molar-refractivity contribution is -0.117. The van der Waals surface area contributed by atoms with E-state index < -0.39 is 6.04 Å². The van der Waals surface area contributed by atoms with Crippen molar-refractivity contribution in [2.45, 2.75) is 19.4 Å². The standard InChI is InChI=1S/C12H18ClN3O.2ClH/c1-4-9(14)12(17)15-10-7-5-6-8(13)11(10)16(2)3;;/h5-7,9H,4,14H2,1-3H3,(H,15,17);2*1H/t9-;;/m0../s1. The van der Waals surface area contributed by atoms with Crippen LogP contribution in [0.15, 0.2) is 18.2 Å². The van der Waals surface area contributed by atoms with Gasteiger partial charge >= 0.3 is 0 Å². The third-order valence-corrected chi connectivity index (χ3v) is 2.77. The Morgan fingerprint density at radius 1 is 1.42 bits per heavy atom. The van der Waals surface area contributed by atoms with Crippen LogP contribution in [0.25, 0.3) is 0 Å². The molecule has 0 saturated heterocycles. The molecule has 0 aliphatic heterocycles. The topological polar surface area (TPSA) is 58.4 Å². The predicted molar refractivity (Wildman–Crippen MR) is 87.2 cm³/mol. The third-order valence-electron chi connectivity index (χ3n) is 2.47. The molecule has 0 aliphatic carbocycles. The Balaban J connectivity index is 0. The summed E-state index contributed by atoms with van der Waals surface area (Å²) in [5.74, 6) is -0.196. The highest BCUT2D eigenvalue weighted by atomic mass is 35.5. The van der Waals surface area contributed by atoms with Crippen LogP contribution < -0.4 is 16.0 Å². The van der Waals surface area contributed by atoms with E-state index in [9.17, 15) is 4.79 Å². The maximum absolute atomic E-state index is 11.7. The Kier molecular flexibility index (Phi) is 10.1. The molecule has 0 saturated carbocycles. The van der Waals surface area contributed by atoms with Crippen LogP contribution in [-0.4, -0.2) is 26.0 Å². The molecular weight excluding hydrogens is 309 g/mol. The van der Waals surface area contributed by atoms with Gasteiger partial charge in [-0.25, -0.2) is 0 Å². The molecule has 1 aromatic carbocycles. The largest absolute Gasteiger partial charge is 0.375 e. The first-order valence-electron chi connectivity index (χ1n) is 5.49. The molecule has 0 aliphatic rings. The molecule has 0 unspecified atom stereocenters. The smallest absolute Gasteiger partial charge is 0.241 e. The molecule has 0 radical (unpaired) electrons. The molecule has 1 aromatic rings. The van der Waals surface area contributed by atoms with Gasteiger partial charge in [0.05, 0.1) is 22.4 Å². The zero-order chi connectivity index (χ0) is 13.0. The second kappa shape index (κ2) is 9.26. The molecule has 110 valence electrons. The number of carbonyl (C=O) groups is 1. The number of hydrogen-bond acceptors (Lipinski definition) is 3. The number of rotatable bonds is 4. The van der Waals surface area contributed by atoms with Crippen LogP contribution in [0.1, 0.15) is 13.3 Å². The Morgan fingerprint density at radius 3 is 2.47 bits per heavy atom. The summed E-state index contributed by atoms with van der Waals surface area (Å²) in [5, 5.41) is 3.39. The average Bonchev–Trinajstić information content (AvgIpc) is 2.27. The van der Waals surface area contributed by atoms with Crippen molar-refractivity contribution in [2.24, 2.45) is 5.73 Å². The first-order valence-corrected chi connectivity index (χ1v) is 5.87. The summed E-state index contributed by atoms with van der Waals surface area (Å²) in [6.07, 6.45) is 0.601. The molecule has 1 rings (SSSR count). The molecular formula is C12H20Cl3N3O. The van der Waals surface area contributed by atoms with Crippen molar-refractivity contribution < 1.29 is 4.79 Å². The van der Waals surface area contributed by atoms with Crippen LogP contribution in [0.4, 0.5) is 11.4 Å². The highest BCUT2D eigenvalue weighted by Crippen LogP contribution is 2.32. The van der Waals surface area contributed by atoms with Gasteiger partial charge < -0.3 is 16.0 Å². The monoisotopic (exact) mass is 327 g/mol. The van der Waals surface area contributed by atoms with E-state index in [4.69, 9.17) is 17.3 Å². The van der Waals surface area contributed by atoms with E-state index in [0.29, 0.717) is 17.1 Å². The van der Waals surface area contributed by atoms with Gasteiger partial charge in [0, 0.05) is 14.1 Å². The van der Waals surface area contributed by atoms with E-state index in [1.807, 2.05) is 32.0 Å². The van der Waals surface area contributed by atoms with Crippen LogP contribution >= 0.6 is 36.4 Å². The second-order valence-corrected chi connectivity index (χ2v) is 4.44. The zero-order valence-electron chi connectivity index (χ0n) is 11.1. The van der Waals surface area contributed by atoms with E-state index in [1.54, 1.807) is 12.1 Å². The molecule has 4 nitrogen and oxygen atoms in total.